The molecule has 10 heteroatoms. The van der Waals surface area contributed by atoms with Crippen LogP contribution in [0.2, 0.25) is 0 Å². The van der Waals surface area contributed by atoms with Gasteiger partial charge >= 0.3 is 12.1 Å². The number of aromatic nitrogens is 2. The summed E-state index contributed by atoms with van der Waals surface area (Å²) >= 11 is 0. The van der Waals surface area contributed by atoms with Crippen molar-refractivity contribution in [2.24, 2.45) is 10.9 Å². The van der Waals surface area contributed by atoms with E-state index in [1.807, 2.05) is 31.7 Å². The highest BCUT2D eigenvalue weighted by Gasteiger charge is 2.45. The Balaban J connectivity index is 1.55. The van der Waals surface area contributed by atoms with Crippen LogP contribution in [0.3, 0.4) is 0 Å². The summed E-state index contributed by atoms with van der Waals surface area (Å²) in [5.41, 5.74) is 6.55. The van der Waals surface area contributed by atoms with Gasteiger partial charge in [0.15, 0.2) is 0 Å². The molecule has 1 amide bonds. The number of piperidine rings is 1. The predicted molar refractivity (Wildman–Crippen MR) is 120 cm³/mol. The number of oxime groups is 1. The number of nitrogens with one attached hydrogen (secondary N) is 2. The number of hydrogen-bond acceptors (Lipinski definition) is 7. The smallest absolute Gasteiger partial charge is 0.410 e. The molecule has 2 saturated heterocycles. The van der Waals surface area contributed by atoms with Crippen LogP contribution in [0.1, 0.15) is 63.7 Å². The largest absolute Gasteiger partial charge is 0.444 e. The Morgan fingerprint density at radius 1 is 1.28 bits per heavy atom. The topological polar surface area (TPSA) is 135 Å². The number of rotatable bonds is 4. The van der Waals surface area contributed by atoms with Gasteiger partial charge < -0.3 is 30.5 Å². The minimum atomic E-state index is -0.637. The number of anilines is 1. The number of nitrogens with two attached hydrogens (primary N) is 1. The summed E-state index contributed by atoms with van der Waals surface area (Å²) in [6.07, 6.45) is 6.40. The van der Waals surface area contributed by atoms with Crippen molar-refractivity contribution in [1.82, 2.24) is 14.9 Å². The average molecular weight is 443 g/mol. The molecular formula is C22H30N6O4. The van der Waals surface area contributed by atoms with Gasteiger partial charge in [-0.25, -0.2) is 14.6 Å². The molecule has 2 aliphatic rings. The van der Waals surface area contributed by atoms with E-state index in [1.165, 1.54) is 13.1 Å². The molecule has 2 bridgehead atoms. The second kappa shape index (κ2) is 8.33. The Morgan fingerprint density at radius 2 is 1.97 bits per heavy atom. The molecule has 3 atom stereocenters. The van der Waals surface area contributed by atoms with E-state index < -0.39 is 11.6 Å². The lowest BCUT2D eigenvalue weighted by molar-refractivity contribution is 0.00683. The summed E-state index contributed by atoms with van der Waals surface area (Å²) in [7, 11) is 0. The van der Waals surface area contributed by atoms with E-state index >= 15 is 0 Å². The molecule has 172 valence electrons. The molecule has 32 heavy (non-hydrogen) atoms. The van der Waals surface area contributed by atoms with Crippen molar-refractivity contribution in [3.8, 4) is 0 Å². The zero-order chi connectivity index (χ0) is 23.0. The van der Waals surface area contributed by atoms with Gasteiger partial charge in [0.2, 0.25) is 0 Å². The zero-order valence-electron chi connectivity index (χ0n) is 18.8. The van der Waals surface area contributed by atoms with Crippen LogP contribution in [0, 0.1) is 0 Å². The average Bonchev–Trinajstić information content (AvgIpc) is 3.28. The molecule has 0 radical (unpaired) electrons. The SMILES string of the molecule is CC(N)=NOC(=O)c1cnc2[nH]ccc2c1N[C@@H]1C[C@H]2CC[C@@H](C1)N2C(=O)OC(C)(C)C. The maximum absolute atomic E-state index is 12.7. The van der Waals surface area contributed by atoms with Gasteiger partial charge in [0.05, 0.1) is 5.69 Å². The number of carbonyl (C=O) groups excluding carboxylic acids is 2. The molecule has 2 aliphatic heterocycles. The highest BCUT2D eigenvalue weighted by Crippen LogP contribution is 2.39. The number of pyridine rings is 1. The number of ether oxygens (including phenoxy) is 1. The number of aromatic amines is 1. The molecule has 10 nitrogen and oxygen atoms in total. The first-order valence-electron chi connectivity index (χ1n) is 10.9. The van der Waals surface area contributed by atoms with Gasteiger partial charge in [-0.15, -0.1) is 0 Å². The van der Waals surface area contributed by atoms with Crippen LogP contribution in [0.25, 0.3) is 11.0 Å². The Kier molecular flexibility index (Phi) is 5.70. The molecule has 0 spiro atoms. The van der Waals surface area contributed by atoms with Crippen molar-refractivity contribution in [3.63, 3.8) is 0 Å². The van der Waals surface area contributed by atoms with E-state index in [0.29, 0.717) is 11.3 Å². The van der Waals surface area contributed by atoms with Crippen LogP contribution in [0.4, 0.5) is 10.5 Å². The van der Waals surface area contributed by atoms with Gasteiger partial charge in [-0.1, -0.05) is 5.16 Å². The minimum Gasteiger partial charge on any atom is -0.444 e. The lowest BCUT2D eigenvalue weighted by atomic mass is 9.97. The minimum absolute atomic E-state index is 0.0815. The lowest BCUT2D eigenvalue weighted by Gasteiger charge is -2.40. The standard InChI is InChI=1S/C22H30N6O4/c1-12(23)27-32-20(29)17-11-25-19-16(7-8-24-19)18(17)26-13-9-14-5-6-15(10-13)28(14)21(30)31-22(2,3)4/h7-8,11,13-15H,5-6,9-10H2,1-4H3,(H2,23,27)(H2,24,25,26)/t13-,14-,15+. The predicted octanol–water partition coefficient (Wildman–Crippen LogP) is 3.35. The summed E-state index contributed by atoms with van der Waals surface area (Å²) in [6.45, 7) is 7.17. The summed E-state index contributed by atoms with van der Waals surface area (Å²) in [4.78, 5) is 39.6. The third-order valence-electron chi connectivity index (χ3n) is 5.76. The molecule has 0 unspecified atom stereocenters. The number of nitrogens with zero attached hydrogens (tertiary/aromatic N) is 3. The molecule has 2 aromatic heterocycles. The van der Waals surface area contributed by atoms with Gasteiger partial charge in [0.1, 0.15) is 22.6 Å². The fraction of sp³-hybridized carbons (Fsp3) is 0.545. The molecule has 0 aromatic carbocycles. The number of fused-ring (bicyclic) bond motifs is 3. The van der Waals surface area contributed by atoms with Crippen LogP contribution >= 0.6 is 0 Å². The highest BCUT2D eigenvalue weighted by atomic mass is 16.7. The normalized spacial score (nSPS) is 23.3. The van der Waals surface area contributed by atoms with Crippen LogP contribution in [-0.2, 0) is 9.57 Å². The molecule has 0 aliphatic carbocycles. The Hall–Kier alpha value is -3.30. The molecule has 2 aromatic rings. The van der Waals surface area contributed by atoms with Crippen LogP contribution in [-0.4, -0.2) is 56.5 Å². The first kappa shape index (κ1) is 21.9. The van der Waals surface area contributed by atoms with E-state index in [2.05, 4.69) is 20.4 Å². The maximum Gasteiger partial charge on any atom is 0.410 e. The second-order valence-electron chi connectivity index (χ2n) is 9.48. The number of amides is 1. The number of hydrogen-bond donors (Lipinski definition) is 3. The summed E-state index contributed by atoms with van der Waals surface area (Å²) < 4.78 is 5.63. The van der Waals surface area contributed by atoms with Crippen molar-refractivity contribution in [2.45, 2.75) is 77.1 Å². The lowest BCUT2D eigenvalue weighted by Crippen LogP contribution is -2.51. The zero-order valence-corrected chi connectivity index (χ0v) is 18.8. The number of carbonyl (C=O) groups is 2. The van der Waals surface area contributed by atoms with E-state index in [4.69, 9.17) is 15.3 Å². The third kappa shape index (κ3) is 4.49. The van der Waals surface area contributed by atoms with E-state index in [0.717, 1.165) is 31.1 Å². The molecule has 4 N–H and O–H groups in total. The summed E-state index contributed by atoms with van der Waals surface area (Å²) in [6, 6.07) is 2.15. The van der Waals surface area contributed by atoms with E-state index in [1.54, 1.807) is 6.20 Å². The maximum atomic E-state index is 12.7. The Morgan fingerprint density at radius 3 is 2.59 bits per heavy atom. The van der Waals surface area contributed by atoms with Gasteiger partial charge in [-0.05, 0) is 59.4 Å². The monoisotopic (exact) mass is 442 g/mol. The fourth-order valence-electron chi connectivity index (χ4n) is 4.59. The van der Waals surface area contributed by atoms with Crippen LogP contribution < -0.4 is 11.1 Å². The van der Waals surface area contributed by atoms with Crippen molar-refractivity contribution in [3.05, 3.63) is 24.0 Å². The number of amidine groups is 1. The first-order chi connectivity index (χ1) is 15.1. The van der Waals surface area contributed by atoms with E-state index in [-0.39, 0.29) is 35.6 Å². The molecule has 0 saturated carbocycles. The fourth-order valence-corrected chi connectivity index (χ4v) is 4.59. The van der Waals surface area contributed by atoms with Gasteiger partial charge in [0, 0.05) is 35.9 Å². The van der Waals surface area contributed by atoms with Crippen molar-refractivity contribution < 1.29 is 19.2 Å². The summed E-state index contributed by atoms with van der Waals surface area (Å²) in [5, 5.41) is 7.90. The number of H-pyrrole nitrogens is 1. The summed E-state index contributed by atoms with van der Waals surface area (Å²) in [5.74, 6) is -0.489. The Bertz CT molecular complexity index is 1040. The highest BCUT2D eigenvalue weighted by molar-refractivity contribution is 6.04. The van der Waals surface area contributed by atoms with E-state index in [9.17, 15) is 9.59 Å². The van der Waals surface area contributed by atoms with Gasteiger partial charge in [-0.3, -0.25) is 0 Å². The third-order valence-corrected chi connectivity index (χ3v) is 5.76. The van der Waals surface area contributed by atoms with Crippen molar-refractivity contribution >= 4 is 34.6 Å². The van der Waals surface area contributed by atoms with Crippen molar-refractivity contribution in [2.75, 3.05) is 5.32 Å². The Labute approximate surface area is 186 Å². The molecule has 4 heterocycles. The first-order valence-corrected chi connectivity index (χ1v) is 10.9. The second-order valence-corrected chi connectivity index (χ2v) is 9.48. The van der Waals surface area contributed by atoms with Gasteiger partial charge in [0.25, 0.3) is 0 Å². The molecule has 4 rings (SSSR count). The molecule has 2 fully saturated rings. The van der Waals surface area contributed by atoms with Crippen LogP contribution in [0.5, 0.6) is 0 Å². The van der Waals surface area contributed by atoms with Gasteiger partial charge in [-0.2, -0.15) is 0 Å². The molecular weight excluding hydrogens is 412 g/mol. The quantitative estimate of drug-likeness (QED) is 0.286. The van der Waals surface area contributed by atoms with Crippen LogP contribution in [0.15, 0.2) is 23.6 Å². The van der Waals surface area contributed by atoms with Crippen molar-refractivity contribution in [1.29, 1.82) is 0 Å².